The van der Waals surface area contributed by atoms with Crippen LogP contribution in [0.4, 0.5) is 0 Å². The predicted molar refractivity (Wildman–Crippen MR) is 29.5 cm³/mol. The van der Waals surface area contributed by atoms with Crippen LogP contribution < -0.4 is 0 Å². The van der Waals surface area contributed by atoms with Crippen molar-refractivity contribution in [3.8, 4) is 0 Å². The molecule has 64 valence electrons. The van der Waals surface area contributed by atoms with E-state index < -0.39 is 20.8 Å². The lowest BCUT2D eigenvalue weighted by molar-refractivity contribution is 0.378. The summed E-state index contributed by atoms with van der Waals surface area (Å²) in [6, 6.07) is 0. The molecule has 8 nitrogen and oxygen atoms in total. The van der Waals surface area contributed by atoms with Crippen LogP contribution in [0.5, 0.6) is 0 Å². The molecule has 0 bridgehead atoms. The maximum atomic E-state index is 8.74. The average Bonchev–Trinajstić information content (AvgIpc) is 1.12. The molecule has 0 amide bonds. The second-order valence-corrected chi connectivity index (χ2v) is 2.69. The highest BCUT2D eigenvalue weighted by Crippen LogP contribution is 1.59. The first kappa shape index (κ1) is 12.4. The zero-order chi connectivity index (χ0) is 9.00. The Morgan fingerprint density at radius 1 is 0.700 bits per heavy atom. The highest BCUT2D eigenvalue weighted by atomic mass is 32.3. The second kappa shape index (κ2) is 3.80. The molecule has 0 fully saturated rings. The average molecular weight is 197 g/mol. The van der Waals surface area contributed by atoms with Crippen molar-refractivity contribution >= 4 is 20.8 Å². The van der Waals surface area contributed by atoms with Gasteiger partial charge in [0.2, 0.25) is 0 Å². The van der Waals surface area contributed by atoms with Crippen LogP contribution in [0, 0.1) is 0 Å². The van der Waals surface area contributed by atoms with Crippen molar-refractivity contribution in [1.29, 1.82) is 0 Å². The molecule has 0 aliphatic carbocycles. The van der Waals surface area contributed by atoms with E-state index in [1.807, 2.05) is 0 Å². The van der Waals surface area contributed by atoms with Crippen LogP contribution >= 0.6 is 0 Å². The summed E-state index contributed by atoms with van der Waals surface area (Å²) < 4.78 is 63.2. The van der Waals surface area contributed by atoms with Gasteiger partial charge in [0, 0.05) is 0 Å². The molecule has 0 aliphatic rings. The number of hydrogen-bond acceptors (Lipinski definition) is 4. The molecule has 0 rings (SSSR count). The third kappa shape index (κ3) is 5200. The van der Waals surface area contributed by atoms with Crippen molar-refractivity contribution in [1.82, 2.24) is 0 Å². The van der Waals surface area contributed by atoms with E-state index in [0.717, 1.165) is 0 Å². The van der Waals surface area contributed by atoms with Gasteiger partial charge in [-0.1, -0.05) is 0 Å². The Hall–Kier alpha value is -0.260. The fraction of sp³-hybridized carbons (Fsp3) is 0. The van der Waals surface area contributed by atoms with E-state index in [-0.39, 0.29) is 1.43 Å². The Morgan fingerprint density at radius 3 is 0.700 bits per heavy atom. The summed E-state index contributed by atoms with van der Waals surface area (Å²) in [4.78, 5) is 0. The van der Waals surface area contributed by atoms with Crippen molar-refractivity contribution in [2.24, 2.45) is 0 Å². The Labute approximate surface area is 58.1 Å². The quantitative estimate of drug-likeness (QED) is 0.354. The van der Waals surface area contributed by atoms with Crippen LogP contribution in [0.25, 0.3) is 0 Å². The monoisotopic (exact) mass is 197 g/mol. The first-order valence-electron chi connectivity index (χ1n) is 1.40. The molecule has 0 aliphatic heterocycles. The van der Waals surface area contributed by atoms with Gasteiger partial charge in [0.15, 0.2) is 0 Å². The van der Waals surface area contributed by atoms with Gasteiger partial charge >= 0.3 is 22.2 Å². The van der Waals surface area contributed by atoms with Gasteiger partial charge in [-0.15, -0.1) is 0 Å². The van der Waals surface area contributed by atoms with E-state index in [1.54, 1.807) is 0 Å². The lowest BCUT2D eigenvalue weighted by atomic mass is 15.8. The molecule has 10 heteroatoms. The molecule has 0 heterocycles. The van der Waals surface area contributed by atoms with Crippen LogP contribution in [0.15, 0.2) is 0 Å². The largest absolute Gasteiger partial charge is 1.00 e. The second-order valence-electron chi connectivity index (χ2n) is 0.896. The molecule has 0 saturated heterocycles. The maximum Gasteiger partial charge on any atom is 1.00 e. The first-order valence-corrected chi connectivity index (χ1v) is 4.19. The van der Waals surface area contributed by atoms with Crippen molar-refractivity contribution < 1.29 is 36.5 Å². The van der Waals surface area contributed by atoms with E-state index in [4.69, 9.17) is 35.0 Å². The maximum absolute atomic E-state index is 8.74. The highest BCUT2D eigenvalue weighted by Gasteiger charge is 1.85. The zero-order valence-corrected chi connectivity index (χ0v) is 5.87. The first-order chi connectivity index (χ1) is 4.00. The number of rotatable bonds is 0. The molecule has 0 radical (unpaired) electrons. The molecule has 0 aromatic rings. The van der Waals surface area contributed by atoms with Gasteiger partial charge in [-0.3, -0.25) is 18.2 Å². The van der Waals surface area contributed by atoms with E-state index in [0.29, 0.717) is 0 Å². The molecule has 0 atom stereocenters. The molecule has 0 saturated carbocycles. The lowest BCUT2D eigenvalue weighted by Gasteiger charge is -1.68. The van der Waals surface area contributed by atoms with E-state index in [9.17, 15) is 0 Å². The fourth-order valence-corrected chi connectivity index (χ4v) is 0. The normalized spacial score (nSPS) is 11.6. The molecular weight excluding hydrogens is 192 g/mol. The predicted octanol–water partition coefficient (Wildman–Crippen LogP) is -1.19. The molecular formula is H5O8S2+. The van der Waals surface area contributed by atoms with E-state index in [2.05, 4.69) is 0 Å². The summed E-state index contributed by atoms with van der Waals surface area (Å²) in [6.07, 6.45) is 0. The van der Waals surface area contributed by atoms with Gasteiger partial charge in [-0.05, 0) is 0 Å². The van der Waals surface area contributed by atoms with Gasteiger partial charge in [0.05, 0.1) is 0 Å². The van der Waals surface area contributed by atoms with Crippen molar-refractivity contribution in [2.45, 2.75) is 0 Å². The van der Waals surface area contributed by atoms with Crippen LogP contribution in [-0.2, 0) is 20.8 Å². The van der Waals surface area contributed by atoms with E-state index in [1.165, 1.54) is 0 Å². The summed E-state index contributed by atoms with van der Waals surface area (Å²) in [5.41, 5.74) is 0. The summed E-state index contributed by atoms with van der Waals surface area (Å²) in [5.74, 6) is 0. The highest BCUT2D eigenvalue weighted by molar-refractivity contribution is 7.80. The lowest BCUT2D eigenvalue weighted by Crippen LogP contribution is -1.89. The van der Waals surface area contributed by atoms with Crippen molar-refractivity contribution in [3.05, 3.63) is 0 Å². The van der Waals surface area contributed by atoms with Gasteiger partial charge in [-0.25, -0.2) is 0 Å². The minimum absolute atomic E-state index is 0. The third-order valence-corrected chi connectivity index (χ3v) is 0. The SMILES string of the molecule is O=S(=O)(O)O.O=S(=O)(O)O.[H+]. The van der Waals surface area contributed by atoms with Crippen LogP contribution in [0.2, 0.25) is 0 Å². The standard InChI is InChI=1S/2H2O4S/c2*1-5(2,3)4/h2*(H2,1,2,3,4)/p+1. The van der Waals surface area contributed by atoms with Crippen molar-refractivity contribution in [2.75, 3.05) is 0 Å². The summed E-state index contributed by atoms with van der Waals surface area (Å²) in [7, 11) is -9.33. The Balaban J connectivity index is -0.000000107. The zero-order valence-electron chi connectivity index (χ0n) is 5.24. The molecule has 4 N–H and O–H groups in total. The topological polar surface area (TPSA) is 149 Å². The van der Waals surface area contributed by atoms with Gasteiger partial charge in [0.1, 0.15) is 0 Å². The Kier molecular flexibility index (Phi) is 4.72. The minimum Gasteiger partial charge on any atom is -0.264 e. The fourth-order valence-electron chi connectivity index (χ4n) is 0. The Morgan fingerprint density at radius 2 is 0.700 bits per heavy atom. The third-order valence-electron chi connectivity index (χ3n) is 0. The number of hydrogen-bond donors (Lipinski definition) is 4. The minimum atomic E-state index is -4.67. The smallest absolute Gasteiger partial charge is 0.264 e. The molecule has 0 unspecified atom stereocenters. The molecule has 0 aromatic heterocycles. The summed E-state index contributed by atoms with van der Waals surface area (Å²) >= 11 is 0. The Bertz CT molecular complexity index is 208. The summed E-state index contributed by atoms with van der Waals surface area (Å²) in [6.45, 7) is 0. The van der Waals surface area contributed by atoms with Gasteiger partial charge in [0.25, 0.3) is 0 Å². The van der Waals surface area contributed by atoms with Crippen LogP contribution in [0.1, 0.15) is 1.43 Å². The molecule has 0 aromatic carbocycles. The van der Waals surface area contributed by atoms with Crippen LogP contribution in [-0.4, -0.2) is 35.0 Å². The molecule has 0 spiro atoms. The van der Waals surface area contributed by atoms with Gasteiger partial charge < -0.3 is 0 Å². The van der Waals surface area contributed by atoms with E-state index >= 15 is 0 Å². The summed E-state index contributed by atoms with van der Waals surface area (Å²) in [5, 5.41) is 0. The van der Waals surface area contributed by atoms with Crippen LogP contribution in [0.3, 0.4) is 0 Å². The van der Waals surface area contributed by atoms with Gasteiger partial charge in [-0.2, -0.15) is 16.8 Å². The van der Waals surface area contributed by atoms with Crippen molar-refractivity contribution in [3.63, 3.8) is 0 Å². The molecule has 10 heavy (non-hydrogen) atoms.